The summed E-state index contributed by atoms with van der Waals surface area (Å²) in [6.07, 6.45) is 0.722. The molecule has 0 atom stereocenters. The van der Waals surface area contributed by atoms with E-state index >= 15 is 0 Å². The van der Waals surface area contributed by atoms with E-state index < -0.39 is 0 Å². The summed E-state index contributed by atoms with van der Waals surface area (Å²) in [6.45, 7) is 5.85. The Morgan fingerprint density at radius 3 is 2.62 bits per heavy atom. The Balaban J connectivity index is 1.57. The molecule has 0 aliphatic carbocycles. The molecule has 26 heavy (non-hydrogen) atoms. The molecule has 0 aliphatic rings. The van der Waals surface area contributed by atoms with Crippen molar-refractivity contribution in [3.05, 3.63) is 59.4 Å². The van der Waals surface area contributed by atoms with E-state index in [0.29, 0.717) is 17.5 Å². The molecule has 0 bridgehead atoms. The van der Waals surface area contributed by atoms with Gasteiger partial charge in [-0.2, -0.15) is 4.98 Å². The summed E-state index contributed by atoms with van der Waals surface area (Å²) in [4.78, 5) is 16.4. The average Bonchev–Trinajstić information content (AvgIpc) is 3.13. The number of rotatable bonds is 6. The lowest BCUT2D eigenvalue weighted by Crippen LogP contribution is -2.20. The predicted octanol–water partition coefficient (Wildman–Crippen LogP) is 3.93. The Bertz CT molecular complexity index is 901. The molecule has 0 fully saturated rings. The highest BCUT2D eigenvalue weighted by Crippen LogP contribution is 2.21. The zero-order valence-electron chi connectivity index (χ0n) is 15.1. The molecule has 0 saturated heterocycles. The third kappa shape index (κ3) is 4.27. The van der Waals surface area contributed by atoms with E-state index in [1.807, 2.05) is 51.1 Å². The maximum atomic E-state index is 12.1. The van der Waals surface area contributed by atoms with E-state index in [4.69, 9.17) is 9.26 Å². The Morgan fingerprint density at radius 2 is 1.92 bits per heavy atom. The maximum absolute atomic E-state index is 12.1. The maximum Gasteiger partial charge on any atom is 0.262 e. The van der Waals surface area contributed by atoms with Crippen LogP contribution in [0.4, 0.5) is 5.69 Å². The van der Waals surface area contributed by atoms with Crippen molar-refractivity contribution in [1.82, 2.24) is 10.1 Å². The molecule has 1 heterocycles. The minimum absolute atomic E-state index is 0.0622. The first-order chi connectivity index (χ1) is 12.5. The van der Waals surface area contributed by atoms with Crippen molar-refractivity contribution >= 4 is 11.6 Å². The third-order valence-electron chi connectivity index (χ3n) is 3.92. The van der Waals surface area contributed by atoms with E-state index in [-0.39, 0.29) is 12.5 Å². The van der Waals surface area contributed by atoms with Crippen molar-refractivity contribution < 1.29 is 14.1 Å². The first-order valence-electron chi connectivity index (χ1n) is 8.48. The topological polar surface area (TPSA) is 77.2 Å². The van der Waals surface area contributed by atoms with Crippen molar-refractivity contribution in [2.45, 2.75) is 27.2 Å². The minimum Gasteiger partial charge on any atom is -0.484 e. The van der Waals surface area contributed by atoms with E-state index in [9.17, 15) is 4.79 Å². The van der Waals surface area contributed by atoms with Gasteiger partial charge in [0.2, 0.25) is 0 Å². The van der Waals surface area contributed by atoms with Crippen LogP contribution in [0.1, 0.15) is 23.9 Å². The van der Waals surface area contributed by atoms with Crippen LogP contribution in [0, 0.1) is 13.8 Å². The second-order valence-electron chi connectivity index (χ2n) is 6.05. The Morgan fingerprint density at radius 1 is 1.15 bits per heavy atom. The molecular formula is C20H21N3O3. The number of hydrogen-bond donors (Lipinski definition) is 1. The van der Waals surface area contributed by atoms with Crippen LogP contribution in [0.3, 0.4) is 0 Å². The largest absolute Gasteiger partial charge is 0.484 e. The fourth-order valence-corrected chi connectivity index (χ4v) is 2.41. The molecule has 0 unspecified atom stereocenters. The number of amides is 1. The minimum atomic E-state index is -0.202. The third-order valence-corrected chi connectivity index (χ3v) is 3.92. The van der Waals surface area contributed by atoms with Gasteiger partial charge in [-0.3, -0.25) is 4.79 Å². The Labute approximate surface area is 152 Å². The zero-order valence-corrected chi connectivity index (χ0v) is 15.1. The summed E-state index contributed by atoms with van der Waals surface area (Å²) in [5, 5.41) is 6.75. The highest BCUT2D eigenvalue weighted by atomic mass is 16.5. The number of aryl methyl sites for hydroxylation is 3. The number of nitrogens with zero attached hydrogens (tertiary/aromatic N) is 2. The van der Waals surface area contributed by atoms with Gasteiger partial charge in [0.25, 0.3) is 11.8 Å². The van der Waals surface area contributed by atoms with Crippen LogP contribution in [0.25, 0.3) is 11.5 Å². The van der Waals surface area contributed by atoms with Crippen LogP contribution in [-0.2, 0) is 11.2 Å². The van der Waals surface area contributed by atoms with Crippen LogP contribution in [0.15, 0.2) is 47.0 Å². The number of nitrogens with one attached hydrogen (secondary N) is 1. The predicted molar refractivity (Wildman–Crippen MR) is 99.2 cm³/mol. The smallest absolute Gasteiger partial charge is 0.262 e. The highest BCUT2D eigenvalue weighted by Gasteiger charge is 2.09. The quantitative estimate of drug-likeness (QED) is 0.728. The van der Waals surface area contributed by atoms with Crippen molar-refractivity contribution in [3.8, 4) is 17.2 Å². The first-order valence-corrected chi connectivity index (χ1v) is 8.48. The number of carbonyl (C=O) groups is 1. The summed E-state index contributed by atoms with van der Waals surface area (Å²) in [5.74, 6) is 1.54. The Kier molecular flexibility index (Phi) is 5.31. The number of benzene rings is 2. The normalized spacial score (nSPS) is 10.6. The fraction of sp³-hybridized carbons (Fsp3) is 0.250. The molecule has 2 aromatic carbocycles. The fourth-order valence-electron chi connectivity index (χ4n) is 2.41. The molecule has 6 nitrogen and oxygen atoms in total. The van der Waals surface area contributed by atoms with Crippen LogP contribution in [0.2, 0.25) is 0 Å². The molecule has 0 saturated carbocycles. The van der Waals surface area contributed by atoms with E-state index in [1.54, 1.807) is 12.1 Å². The molecule has 0 radical (unpaired) electrons. The van der Waals surface area contributed by atoms with Crippen molar-refractivity contribution in [2.75, 3.05) is 11.9 Å². The number of ether oxygens (including phenoxy) is 1. The van der Waals surface area contributed by atoms with Crippen molar-refractivity contribution in [2.24, 2.45) is 0 Å². The molecule has 3 aromatic rings. The van der Waals surface area contributed by atoms with Gasteiger partial charge < -0.3 is 14.6 Å². The molecule has 1 N–H and O–H groups in total. The van der Waals surface area contributed by atoms with Gasteiger partial charge in [-0.05, 0) is 55.3 Å². The lowest BCUT2D eigenvalue weighted by atomic mass is 10.1. The average molecular weight is 351 g/mol. The summed E-state index contributed by atoms with van der Waals surface area (Å²) in [6, 6.07) is 13.1. The monoisotopic (exact) mass is 351 g/mol. The van der Waals surface area contributed by atoms with Gasteiger partial charge >= 0.3 is 0 Å². The van der Waals surface area contributed by atoms with Gasteiger partial charge in [0.15, 0.2) is 12.4 Å². The first kappa shape index (κ1) is 17.7. The number of aromatic nitrogens is 2. The molecular weight excluding hydrogens is 330 g/mol. The lowest BCUT2D eigenvalue weighted by molar-refractivity contribution is -0.118. The van der Waals surface area contributed by atoms with E-state index in [2.05, 4.69) is 15.5 Å². The van der Waals surface area contributed by atoms with Crippen LogP contribution in [0.5, 0.6) is 5.75 Å². The standard InChI is InChI=1S/C20H21N3O3/c1-4-18-22-20(26-23-18)15-7-9-16(10-8-15)25-12-19(24)21-17-11-13(2)5-6-14(17)3/h5-11H,4,12H2,1-3H3,(H,21,24). The molecule has 6 heteroatoms. The molecule has 1 amide bonds. The molecule has 134 valence electrons. The van der Waals surface area contributed by atoms with Crippen molar-refractivity contribution in [1.29, 1.82) is 0 Å². The molecule has 0 spiro atoms. The zero-order chi connectivity index (χ0) is 18.5. The van der Waals surface area contributed by atoms with Crippen LogP contribution in [-0.4, -0.2) is 22.7 Å². The number of hydrogen-bond acceptors (Lipinski definition) is 5. The molecule has 0 aliphatic heterocycles. The van der Waals surface area contributed by atoms with Crippen LogP contribution >= 0.6 is 0 Å². The summed E-state index contributed by atoms with van der Waals surface area (Å²) in [7, 11) is 0. The second kappa shape index (κ2) is 7.82. The highest BCUT2D eigenvalue weighted by molar-refractivity contribution is 5.92. The summed E-state index contributed by atoms with van der Waals surface area (Å²) < 4.78 is 10.7. The SMILES string of the molecule is CCc1noc(-c2ccc(OCC(=O)Nc3cc(C)ccc3C)cc2)n1. The van der Waals surface area contributed by atoms with Gasteiger partial charge in [0, 0.05) is 17.7 Å². The summed E-state index contributed by atoms with van der Waals surface area (Å²) >= 11 is 0. The Hall–Kier alpha value is -3.15. The molecule has 1 aromatic heterocycles. The van der Waals surface area contributed by atoms with Gasteiger partial charge in [0.05, 0.1) is 0 Å². The molecule has 3 rings (SSSR count). The number of anilines is 1. The van der Waals surface area contributed by atoms with Gasteiger partial charge in [-0.25, -0.2) is 0 Å². The van der Waals surface area contributed by atoms with Gasteiger partial charge in [-0.1, -0.05) is 24.2 Å². The van der Waals surface area contributed by atoms with Gasteiger partial charge in [-0.15, -0.1) is 0 Å². The van der Waals surface area contributed by atoms with Crippen LogP contribution < -0.4 is 10.1 Å². The number of carbonyl (C=O) groups excluding carboxylic acids is 1. The second-order valence-corrected chi connectivity index (χ2v) is 6.05. The van der Waals surface area contributed by atoms with Crippen molar-refractivity contribution in [3.63, 3.8) is 0 Å². The summed E-state index contributed by atoms with van der Waals surface area (Å²) in [5.41, 5.74) is 3.72. The van der Waals surface area contributed by atoms with Gasteiger partial charge in [0.1, 0.15) is 5.75 Å². The van der Waals surface area contributed by atoms with E-state index in [0.717, 1.165) is 28.8 Å². The lowest BCUT2D eigenvalue weighted by Gasteiger charge is -2.10. The van der Waals surface area contributed by atoms with E-state index in [1.165, 1.54) is 0 Å².